The molecule has 1 saturated carbocycles. The Balaban J connectivity index is 1.81. The molecule has 2 rings (SSSR count). The average molecular weight is 257 g/mol. The van der Waals surface area contributed by atoms with E-state index in [1.807, 2.05) is 5.01 Å². The van der Waals surface area contributed by atoms with Gasteiger partial charge in [0, 0.05) is 25.7 Å². The molecule has 7 nitrogen and oxygen atoms in total. The predicted octanol–water partition coefficient (Wildman–Crippen LogP) is -0.118. The Labute approximate surface area is 106 Å². The van der Waals surface area contributed by atoms with Crippen molar-refractivity contribution in [1.82, 2.24) is 15.3 Å². The lowest BCUT2D eigenvalue weighted by atomic mass is 10.4. The van der Waals surface area contributed by atoms with Crippen molar-refractivity contribution >= 4 is 12.0 Å². The minimum Gasteiger partial charge on any atom is -0.481 e. The van der Waals surface area contributed by atoms with E-state index in [-0.39, 0.29) is 25.0 Å². The molecule has 2 aliphatic rings. The molecule has 102 valence electrons. The van der Waals surface area contributed by atoms with Crippen LogP contribution in [0.1, 0.15) is 19.3 Å². The third-order valence-corrected chi connectivity index (χ3v) is 3.08. The Bertz CT molecular complexity index is 313. The van der Waals surface area contributed by atoms with Crippen LogP contribution >= 0.6 is 0 Å². The molecular formula is C11H19N3O4. The summed E-state index contributed by atoms with van der Waals surface area (Å²) in [5.74, 6) is -0.875. The Morgan fingerprint density at radius 3 is 2.56 bits per heavy atom. The second kappa shape index (κ2) is 6.01. The van der Waals surface area contributed by atoms with Gasteiger partial charge in [-0.1, -0.05) is 0 Å². The van der Waals surface area contributed by atoms with Gasteiger partial charge in [0.25, 0.3) is 0 Å². The maximum absolute atomic E-state index is 12.0. The molecule has 0 bridgehead atoms. The minimum absolute atomic E-state index is 0.00691. The third-order valence-electron chi connectivity index (χ3n) is 3.08. The van der Waals surface area contributed by atoms with Crippen molar-refractivity contribution in [3.05, 3.63) is 0 Å². The number of amides is 2. The zero-order valence-corrected chi connectivity index (χ0v) is 10.3. The molecule has 0 radical (unpaired) electrons. The smallest absolute Gasteiger partial charge is 0.332 e. The van der Waals surface area contributed by atoms with Crippen molar-refractivity contribution in [3.63, 3.8) is 0 Å². The highest BCUT2D eigenvalue weighted by atomic mass is 16.5. The van der Waals surface area contributed by atoms with E-state index in [2.05, 4.69) is 5.43 Å². The fraction of sp³-hybridized carbons (Fsp3) is 0.818. The number of carbonyl (C=O) groups excluding carboxylic acids is 1. The van der Waals surface area contributed by atoms with Crippen LogP contribution in [-0.4, -0.2) is 65.9 Å². The summed E-state index contributed by atoms with van der Waals surface area (Å²) >= 11 is 0. The lowest BCUT2D eigenvalue weighted by Gasteiger charge is -2.30. The monoisotopic (exact) mass is 257 g/mol. The molecule has 0 atom stereocenters. The summed E-state index contributed by atoms with van der Waals surface area (Å²) in [4.78, 5) is 24.2. The van der Waals surface area contributed by atoms with Crippen LogP contribution < -0.4 is 5.43 Å². The van der Waals surface area contributed by atoms with Gasteiger partial charge in [0.1, 0.15) is 0 Å². The Kier molecular flexibility index (Phi) is 4.38. The van der Waals surface area contributed by atoms with Crippen molar-refractivity contribution in [1.29, 1.82) is 0 Å². The number of hydrogen-bond acceptors (Lipinski definition) is 4. The summed E-state index contributed by atoms with van der Waals surface area (Å²) in [5.41, 5.74) is 2.81. The van der Waals surface area contributed by atoms with Gasteiger partial charge < -0.3 is 14.7 Å². The van der Waals surface area contributed by atoms with E-state index in [1.165, 1.54) is 0 Å². The fourth-order valence-electron chi connectivity index (χ4n) is 1.93. The largest absolute Gasteiger partial charge is 0.481 e. The second-order valence-corrected chi connectivity index (χ2v) is 4.58. The maximum Gasteiger partial charge on any atom is 0.332 e. The van der Waals surface area contributed by atoms with Gasteiger partial charge >= 0.3 is 12.0 Å². The van der Waals surface area contributed by atoms with Crippen LogP contribution in [0.25, 0.3) is 0 Å². The minimum atomic E-state index is -0.875. The molecule has 18 heavy (non-hydrogen) atoms. The van der Waals surface area contributed by atoms with Crippen molar-refractivity contribution in [2.75, 3.05) is 32.8 Å². The Morgan fingerprint density at radius 1 is 1.33 bits per heavy atom. The number of hydrogen-bond donors (Lipinski definition) is 2. The molecular weight excluding hydrogens is 238 g/mol. The SMILES string of the molecule is O=C(O)CCN(C(=O)NN1CCOCC1)C1CC1. The van der Waals surface area contributed by atoms with Crippen LogP contribution in [0.2, 0.25) is 0 Å². The standard InChI is InChI=1S/C11H19N3O4/c15-10(16)3-4-14(9-1-2-9)11(17)12-13-5-7-18-8-6-13/h9H,1-8H2,(H,12,17)(H,15,16). The highest BCUT2D eigenvalue weighted by Crippen LogP contribution is 2.26. The molecule has 2 fully saturated rings. The van der Waals surface area contributed by atoms with Crippen molar-refractivity contribution < 1.29 is 19.4 Å². The van der Waals surface area contributed by atoms with Gasteiger partial charge in [-0.15, -0.1) is 0 Å². The van der Waals surface area contributed by atoms with Crippen molar-refractivity contribution in [3.8, 4) is 0 Å². The topological polar surface area (TPSA) is 82.1 Å². The highest BCUT2D eigenvalue weighted by Gasteiger charge is 2.33. The molecule has 0 aromatic rings. The van der Waals surface area contributed by atoms with E-state index < -0.39 is 5.97 Å². The van der Waals surface area contributed by atoms with Crippen molar-refractivity contribution in [2.45, 2.75) is 25.3 Å². The molecule has 1 aliphatic carbocycles. The summed E-state index contributed by atoms with van der Waals surface area (Å²) in [7, 11) is 0. The molecule has 7 heteroatoms. The summed E-state index contributed by atoms with van der Waals surface area (Å²) in [6.07, 6.45) is 1.93. The molecule has 2 N–H and O–H groups in total. The van der Waals surface area contributed by atoms with Gasteiger partial charge in [0.15, 0.2) is 0 Å². The van der Waals surface area contributed by atoms with Gasteiger partial charge in [-0.3, -0.25) is 10.2 Å². The lowest BCUT2D eigenvalue weighted by molar-refractivity contribution is -0.137. The first-order valence-electron chi connectivity index (χ1n) is 6.28. The van der Waals surface area contributed by atoms with Gasteiger partial charge in [0.2, 0.25) is 0 Å². The first-order valence-corrected chi connectivity index (χ1v) is 6.28. The second-order valence-electron chi connectivity index (χ2n) is 4.58. The molecule has 0 aromatic carbocycles. The number of carboxylic acid groups (broad SMARTS) is 1. The molecule has 2 amide bonds. The molecule has 0 aromatic heterocycles. The summed E-state index contributed by atoms with van der Waals surface area (Å²) in [6.45, 7) is 2.83. The highest BCUT2D eigenvalue weighted by molar-refractivity contribution is 5.75. The van der Waals surface area contributed by atoms with E-state index >= 15 is 0 Å². The number of aliphatic carboxylic acids is 1. The molecule has 1 saturated heterocycles. The zero-order valence-electron chi connectivity index (χ0n) is 10.3. The third kappa shape index (κ3) is 3.85. The number of carboxylic acids is 1. The van der Waals surface area contributed by atoms with Crippen LogP contribution in [0.5, 0.6) is 0 Å². The average Bonchev–Trinajstić information content (AvgIpc) is 3.14. The summed E-state index contributed by atoms with van der Waals surface area (Å²) in [6, 6.07) is 0.0195. The first kappa shape index (κ1) is 13.1. The number of rotatable bonds is 5. The molecule has 0 unspecified atom stereocenters. The molecule has 0 spiro atoms. The van der Waals surface area contributed by atoms with Gasteiger partial charge in [-0.05, 0) is 12.8 Å². The number of nitrogens with one attached hydrogen (secondary N) is 1. The maximum atomic E-state index is 12.0. The quantitative estimate of drug-likeness (QED) is 0.717. The lowest BCUT2D eigenvalue weighted by Crippen LogP contribution is -2.53. The number of ether oxygens (including phenoxy) is 1. The number of nitrogens with zero attached hydrogens (tertiary/aromatic N) is 2. The fourth-order valence-corrected chi connectivity index (χ4v) is 1.93. The number of carbonyl (C=O) groups is 2. The van der Waals surface area contributed by atoms with Crippen LogP contribution in [-0.2, 0) is 9.53 Å². The molecule has 1 aliphatic heterocycles. The predicted molar refractivity (Wildman–Crippen MR) is 62.9 cm³/mol. The van der Waals surface area contributed by atoms with Gasteiger partial charge in [0.05, 0.1) is 19.6 Å². The van der Waals surface area contributed by atoms with Gasteiger partial charge in [-0.2, -0.15) is 0 Å². The zero-order chi connectivity index (χ0) is 13.0. The normalized spacial score (nSPS) is 20.4. The summed E-state index contributed by atoms with van der Waals surface area (Å²) in [5, 5.41) is 10.5. The first-order chi connectivity index (χ1) is 8.66. The van der Waals surface area contributed by atoms with Crippen LogP contribution in [0.3, 0.4) is 0 Å². The van der Waals surface area contributed by atoms with E-state index in [9.17, 15) is 9.59 Å². The van der Waals surface area contributed by atoms with E-state index in [0.29, 0.717) is 26.3 Å². The Hall–Kier alpha value is -1.34. The number of hydrazine groups is 1. The number of urea groups is 1. The van der Waals surface area contributed by atoms with Crippen molar-refractivity contribution in [2.24, 2.45) is 0 Å². The van der Waals surface area contributed by atoms with Crippen LogP contribution in [0, 0.1) is 0 Å². The van der Waals surface area contributed by atoms with E-state index in [4.69, 9.17) is 9.84 Å². The van der Waals surface area contributed by atoms with E-state index in [0.717, 1.165) is 12.8 Å². The van der Waals surface area contributed by atoms with E-state index in [1.54, 1.807) is 4.90 Å². The van der Waals surface area contributed by atoms with Gasteiger partial charge in [-0.25, -0.2) is 9.80 Å². The Morgan fingerprint density at radius 2 is 2.00 bits per heavy atom. The van der Waals surface area contributed by atoms with Crippen LogP contribution in [0.15, 0.2) is 0 Å². The summed E-state index contributed by atoms with van der Waals surface area (Å²) < 4.78 is 5.20. The number of morpholine rings is 1. The molecule has 1 heterocycles. The van der Waals surface area contributed by atoms with Crippen LogP contribution in [0.4, 0.5) is 4.79 Å².